The first-order valence-corrected chi connectivity index (χ1v) is 5.36. The van der Waals surface area contributed by atoms with E-state index in [0.29, 0.717) is 5.56 Å². The third-order valence-electron chi connectivity index (χ3n) is 2.99. The van der Waals surface area contributed by atoms with Crippen LogP contribution < -0.4 is 0 Å². The lowest BCUT2D eigenvalue weighted by Crippen LogP contribution is -2.34. The van der Waals surface area contributed by atoms with Gasteiger partial charge in [-0.3, -0.25) is 0 Å². The molecule has 0 bridgehead atoms. The molecule has 0 spiro atoms. The Balaban J connectivity index is 2.15. The standard InChI is InChI=1S/C12H16O4/c1-7-9(13)11(15)12(16-7)10(14)8-5-3-2-4-6-8/h2-7,9-15H,1H3/t7-,9-,10+,11-,12-/m0/s1. The van der Waals surface area contributed by atoms with Crippen LogP contribution >= 0.6 is 0 Å². The monoisotopic (exact) mass is 224 g/mol. The molecule has 0 amide bonds. The minimum Gasteiger partial charge on any atom is -0.388 e. The topological polar surface area (TPSA) is 69.9 Å². The van der Waals surface area contributed by atoms with Gasteiger partial charge in [0.1, 0.15) is 24.4 Å². The maximum absolute atomic E-state index is 10.0. The Kier molecular flexibility index (Phi) is 3.25. The van der Waals surface area contributed by atoms with Crippen molar-refractivity contribution in [3.63, 3.8) is 0 Å². The molecule has 0 aliphatic carbocycles. The van der Waals surface area contributed by atoms with E-state index >= 15 is 0 Å². The van der Waals surface area contributed by atoms with E-state index in [2.05, 4.69) is 0 Å². The molecule has 1 fully saturated rings. The number of hydrogen-bond donors (Lipinski definition) is 3. The summed E-state index contributed by atoms with van der Waals surface area (Å²) < 4.78 is 5.35. The molecule has 1 aromatic carbocycles. The summed E-state index contributed by atoms with van der Waals surface area (Å²) in [7, 11) is 0. The number of hydrogen-bond acceptors (Lipinski definition) is 4. The number of ether oxygens (including phenoxy) is 1. The summed E-state index contributed by atoms with van der Waals surface area (Å²) in [6.45, 7) is 1.67. The molecule has 5 atom stereocenters. The average molecular weight is 224 g/mol. The van der Waals surface area contributed by atoms with Gasteiger partial charge in [0, 0.05) is 0 Å². The third kappa shape index (κ3) is 1.97. The summed E-state index contributed by atoms with van der Waals surface area (Å²) in [4.78, 5) is 0. The highest BCUT2D eigenvalue weighted by atomic mass is 16.6. The van der Waals surface area contributed by atoms with Crippen LogP contribution in [0.1, 0.15) is 18.6 Å². The molecular formula is C12H16O4. The zero-order valence-corrected chi connectivity index (χ0v) is 9.02. The van der Waals surface area contributed by atoms with Crippen LogP contribution in [0.15, 0.2) is 30.3 Å². The van der Waals surface area contributed by atoms with Gasteiger partial charge in [-0.25, -0.2) is 0 Å². The van der Waals surface area contributed by atoms with Crippen molar-refractivity contribution in [2.45, 2.75) is 37.4 Å². The lowest BCUT2D eigenvalue weighted by Gasteiger charge is -2.21. The van der Waals surface area contributed by atoms with E-state index in [1.165, 1.54) is 0 Å². The van der Waals surface area contributed by atoms with Crippen molar-refractivity contribution in [2.75, 3.05) is 0 Å². The summed E-state index contributed by atoms with van der Waals surface area (Å²) in [5.41, 5.74) is 0.674. The lowest BCUT2D eigenvalue weighted by atomic mass is 9.99. The molecule has 0 saturated carbocycles. The van der Waals surface area contributed by atoms with Crippen LogP contribution in [0.25, 0.3) is 0 Å². The van der Waals surface area contributed by atoms with E-state index < -0.39 is 30.5 Å². The van der Waals surface area contributed by atoms with Crippen molar-refractivity contribution in [3.8, 4) is 0 Å². The van der Waals surface area contributed by atoms with Gasteiger partial charge < -0.3 is 20.1 Å². The first-order valence-electron chi connectivity index (χ1n) is 5.36. The molecule has 3 N–H and O–H groups in total. The number of rotatable bonds is 2. The molecule has 2 rings (SSSR count). The molecule has 0 unspecified atom stereocenters. The van der Waals surface area contributed by atoms with Crippen LogP contribution in [0.3, 0.4) is 0 Å². The molecule has 4 heteroatoms. The highest BCUT2D eigenvalue weighted by molar-refractivity contribution is 5.19. The van der Waals surface area contributed by atoms with Crippen LogP contribution in [0, 0.1) is 0 Å². The predicted octanol–water partition coefficient (Wildman–Crippen LogP) is 0.229. The summed E-state index contributed by atoms with van der Waals surface area (Å²) in [6, 6.07) is 8.98. The molecule has 4 nitrogen and oxygen atoms in total. The molecule has 1 aromatic rings. The van der Waals surface area contributed by atoms with Crippen molar-refractivity contribution < 1.29 is 20.1 Å². The first kappa shape index (κ1) is 11.5. The van der Waals surface area contributed by atoms with E-state index in [1.54, 1.807) is 31.2 Å². The second-order valence-electron chi connectivity index (χ2n) is 4.14. The normalized spacial score (nSPS) is 36.2. The van der Waals surface area contributed by atoms with Gasteiger partial charge in [-0.05, 0) is 12.5 Å². The second-order valence-corrected chi connectivity index (χ2v) is 4.14. The lowest BCUT2D eigenvalue weighted by molar-refractivity contribution is -0.0635. The van der Waals surface area contributed by atoms with Gasteiger partial charge in [0.05, 0.1) is 6.10 Å². The molecule has 88 valence electrons. The summed E-state index contributed by atoms with van der Waals surface area (Å²) in [5, 5.41) is 29.3. The van der Waals surface area contributed by atoms with E-state index in [4.69, 9.17) is 4.74 Å². The van der Waals surface area contributed by atoms with Crippen molar-refractivity contribution in [1.29, 1.82) is 0 Å². The number of aliphatic hydroxyl groups excluding tert-OH is 3. The molecule has 16 heavy (non-hydrogen) atoms. The van der Waals surface area contributed by atoms with Gasteiger partial charge in [-0.1, -0.05) is 30.3 Å². The third-order valence-corrected chi connectivity index (χ3v) is 2.99. The van der Waals surface area contributed by atoms with Crippen LogP contribution in [0.4, 0.5) is 0 Å². The molecule has 0 radical (unpaired) electrons. The van der Waals surface area contributed by atoms with E-state index in [9.17, 15) is 15.3 Å². The molecule has 1 aliphatic heterocycles. The smallest absolute Gasteiger partial charge is 0.116 e. The number of benzene rings is 1. The van der Waals surface area contributed by atoms with Crippen LogP contribution in [-0.4, -0.2) is 39.7 Å². The minimum absolute atomic E-state index is 0.460. The van der Waals surface area contributed by atoms with Crippen LogP contribution in [-0.2, 0) is 4.74 Å². The van der Waals surface area contributed by atoms with Crippen LogP contribution in [0.2, 0.25) is 0 Å². The summed E-state index contributed by atoms with van der Waals surface area (Å²) in [6.07, 6.45) is -4.14. The Morgan fingerprint density at radius 3 is 2.25 bits per heavy atom. The molecular weight excluding hydrogens is 208 g/mol. The zero-order valence-electron chi connectivity index (χ0n) is 9.02. The van der Waals surface area contributed by atoms with Crippen molar-refractivity contribution in [3.05, 3.63) is 35.9 Å². The van der Waals surface area contributed by atoms with Gasteiger partial charge in [-0.15, -0.1) is 0 Å². The largest absolute Gasteiger partial charge is 0.388 e. The van der Waals surface area contributed by atoms with Gasteiger partial charge in [0.15, 0.2) is 0 Å². The maximum Gasteiger partial charge on any atom is 0.116 e. The van der Waals surface area contributed by atoms with Gasteiger partial charge in [0.25, 0.3) is 0 Å². The van der Waals surface area contributed by atoms with Crippen molar-refractivity contribution in [2.24, 2.45) is 0 Å². The Labute approximate surface area is 94.1 Å². The Morgan fingerprint density at radius 2 is 1.75 bits per heavy atom. The van der Waals surface area contributed by atoms with Gasteiger partial charge >= 0.3 is 0 Å². The Morgan fingerprint density at radius 1 is 1.12 bits per heavy atom. The SMILES string of the molecule is C[C@@H]1O[C@@H]([C@H](O)c2ccccc2)[C@@H](O)[C@H]1O. The molecule has 1 heterocycles. The summed E-state index contributed by atoms with van der Waals surface area (Å²) in [5.74, 6) is 0. The first-order chi connectivity index (χ1) is 7.61. The zero-order chi connectivity index (χ0) is 11.7. The average Bonchev–Trinajstić information content (AvgIpc) is 2.57. The fourth-order valence-electron chi connectivity index (χ4n) is 1.98. The highest BCUT2D eigenvalue weighted by Crippen LogP contribution is 2.30. The molecule has 1 aliphatic rings. The van der Waals surface area contributed by atoms with Crippen molar-refractivity contribution >= 4 is 0 Å². The van der Waals surface area contributed by atoms with Gasteiger partial charge in [0.2, 0.25) is 0 Å². The maximum atomic E-state index is 10.0. The minimum atomic E-state index is -1.05. The fraction of sp³-hybridized carbons (Fsp3) is 0.500. The predicted molar refractivity (Wildman–Crippen MR) is 57.8 cm³/mol. The quantitative estimate of drug-likeness (QED) is 0.672. The highest BCUT2D eigenvalue weighted by Gasteiger charge is 2.44. The fourth-order valence-corrected chi connectivity index (χ4v) is 1.98. The number of aliphatic hydroxyl groups is 3. The summed E-state index contributed by atoms with van der Waals surface area (Å²) >= 11 is 0. The van der Waals surface area contributed by atoms with Crippen LogP contribution in [0.5, 0.6) is 0 Å². The van der Waals surface area contributed by atoms with E-state index in [-0.39, 0.29) is 0 Å². The van der Waals surface area contributed by atoms with E-state index in [0.717, 1.165) is 0 Å². The Bertz CT molecular complexity index is 340. The van der Waals surface area contributed by atoms with Gasteiger partial charge in [-0.2, -0.15) is 0 Å². The van der Waals surface area contributed by atoms with Crippen molar-refractivity contribution in [1.82, 2.24) is 0 Å². The van der Waals surface area contributed by atoms with E-state index in [1.807, 2.05) is 6.07 Å². The molecule has 1 saturated heterocycles. The Hall–Kier alpha value is -0.940. The molecule has 0 aromatic heterocycles. The second kappa shape index (κ2) is 4.51.